The Labute approximate surface area is 119 Å². The van der Waals surface area contributed by atoms with Crippen LogP contribution in [-0.2, 0) is 17.5 Å². The molecule has 9 heteroatoms. The van der Waals surface area contributed by atoms with Crippen molar-refractivity contribution in [2.75, 3.05) is 5.43 Å². The standard InChI is InChI=1S/C12H17F3N4O2/c1-11(2,3)21-10(20)17-6-7-4-8(12(13,14)15)18-9(5-7)19-16/h4-5H,6,16H2,1-3H3,(H,17,20)(H,18,19). The number of nitrogens with one attached hydrogen (secondary N) is 2. The fourth-order valence-electron chi connectivity index (χ4n) is 1.40. The molecule has 21 heavy (non-hydrogen) atoms. The highest BCUT2D eigenvalue weighted by molar-refractivity contribution is 5.67. The zero-order valence-corrected chi connectivity index (χ0v) is 11.8. The molecule has 4 N–H and O–H groups in total. The zero-order chi connectivity index (χ0) is 16.3. The largest absolute Gasteiger partial charge is 0.444 e. The molecule has 0 aromatic carbocycles. The zero-order valence-electron chi connectivity index (χ0n) is 11.8. The molecule has 0 fully saturated rings. The summed E-state index contributed by atoms with van der Waals surface area (Å²) in [5, 5.41) is 2.36. The van der Waals surface area contributed by atoms with Crippen molar-refractivity contribution in [3.63, 3.8) is 0 Å². The van der Waals surface area contributed by atoms with E-state index in [-0.39, 0.29) is 17.9 Å². The van der Waals surface area contributed by atoms with E-state index in [2.05, 4.69) is 15.7 Å². The number of amides is 1. The molecule has 0 aliphatic rings. The number of hydrogen-bond donors (Lipinski definition) is 3. The average Bonchev–Trinajstić information content (AvgIpc) is 2.33. The van der Waals surface area contributed by atoms with Gasteiger partial charge in [-0.15, -0.1) is 0 Å². The molecule has 0 saturated heterocycles. The van der Waals surface area contributed by atoms with Gasteiger partial charge in [-0.2, -0.15) is 13.2 Å². The minimum absolute atomic E-state index is 0.144. The van der Waals surface area contributed by atoms with Gasteiger partial charge in [0.15, 0.2) is 0 Å². The van der Waals surface area contributed by atoms with E-state index in [0.29, 0.717) is 0 Å². The number of ether oxygens (including phenoxy) is 1. The lowest BCUT2D eigenvalue weighted by molar-refractivity contribution is -0.141. The molecule has 0 bridgehead atoms. The van der Waals surface area contributed by atoms with E-state index in [9.17, 15) is 18.0 Å². The number of hydrazine groups is 1. The maximum atomic E-state index is 12.7. The average molecular weight is 306 g/mol. The van der Waals surface area contributed by atoms with Gasteiger partial charge < -0.3 is 15.5 Å². The van der Waals surface area contributed by atoms with Crippen molar-refractivity contribution in [2.24, 2.45) is 5.84 Å². The number of rotatable bonds is 3. The SMILES string of the molecule is CC(C)(C)OC(=O)NCc1cc(NN)nc(C(F)(F)F)c1. The Bertz CT molecular complexity index is 512. The molecule has 0 spiro atoms. The van der Waals surface area contributed by atoms with Gasteiger partial charge in [0.2, 0.25) is 0 Å². The van der Waals surface area contributed by atoms with Crippen LogP contribution < -0.4 is 16.6 Å². The maximum Gasteiger partial charge on any atom is 0.433 e. The molecule has 1 rings (SSSR count). The number of nitrogen functional groups attached to an aromatic ring is 1. The molecule has 0 unspecified atom stereocenters. The van der Waals surface area contributed by atoms with Crippen molar-refractivity contribution in [3.8, 4) is 0 Å². The number of pyridine rings is 1. The molecular weight excluding hydrogens is 289 g/mol. The van der Waals surface area contributed by atoms with E-state index >= 15 is 0 Å². The van der Waals surface area contributed by atoms with Gasteiger partial charge in [0.25, 0.3) is 0 Å². The Morgan fingerprint density at radius 1 is 1.33 bits per heavy atom. The van der Waals surface area contributed by atoms with E-state index in [4.69, 9.17) is 10.6 Å². The Morgan fingerprint density at radius 2 is 1.95 bits per heavy atom. The highest BCUT2D eigenvalue weighted by atomic mass is 19.4. The summed E-state index contributed by atoms with van der Waals surface area (Å²) in [4.78, 5) is 14.8. The van der Waals surface area contributed by atoms with Crippen molar-refractivity contribution in [3.05, 3.63) is 23.4 Å². The molecule has 6 nitrogen and oxygen atoms in total. The fraction of sp³-hybridized carbons (Fsp3) is 0.500. The summed E-state index contributed by atoms with van der Waals surface area (Å²) in [6.45, 7) is 4.89. The number of halogens is 3. The third-order valence-corrected chi connectivity index (χ3v) is 2.16. The highest BCUT2D eigenvalue weighted by Gasteiger charge is 2.33. The van der Waals surface area contributed by atoms with Crippen molar-refractivity contribution in [2.45, 2.75) is 39.1 Å². The van der Waals surface area contributed by atoms with Crippen molar-refractivity contribution < 1.29 is 22.7 Å². The Hall–Kier alpha value is -2.03. The first-order valence-corrected chi connectivity index (χ1v) is 6.03. The third-order valence-electron chi connectivity index (χ3n) is 2.16. The van der Waals surface area contributed by atoms with E-state index in [1.54, 1.807) is 20.8 Å². The molecule has 1 aromatic heterocycles. The maximum absolute atomic E-state index is 12.7. The van der Waals surface area contributed by atoms with E-state index in [0.717, 1.165) is 6.07 Å². The van der Waals surface area contributed by atoms with E-state index in [1.807, 2.05) is 0 Å². The van der Waals surface area contributed by atoms with Gasteiger partial charge in [-0.05, 0) is 38.5 Å². The van der Waals surface area contributed by atoms with Crippen LogP contribution in [0.2, 0.25) is 0 Å². The second-order valence-electron chi connectivity index (χ2n) is 5.24. The molecule has 0 saturated carbocycles. The van der Waals surface area contributed by atoms with Crippen LogP contribution in [0.4, 0.5) is 23.8 Å². The number of carbonyl (C=O) groups is 1. The number of aromatic nitrogens is 1. The van der Waals surface area contributed by atoms with Crippen LogP contribution in [0.1, 0.15) is 32.0 Å². The summed E-state index contributed by atoms with van der Waals surface area (Å²) in [7, 11) is 0. The summed E-state index contributed by atoms with van der Waals surface area (Å²) in [6.07, 6.45) is -5.33. The van der Waals surface area contributed by atoms with Gasteiger partial charge in [-0.3, -0.25) is 0 Å². The smallest absolute Gasteiger partial charge is 0.433 e. The topological polar surface area (TPSA) is 89.3 Å². The monoisotopic (exact) mass is 306 g/mol. The number of nitrogens with two attached hydrogens (primary N) is 1. The van der Waals surface area contributed by atoms with Gasteiger partial charge in [0.05, 0.1) is 0 Å². The van der Waals surface area contributed by atoms with Crippen LogP contribution in [-0.4, -0.2) is 16.7 Å². The molecule has 0 aliphatic heterocycles. The predicted molar refractivity (Wildman–Crippen MR) is 70.1 cm³/mol. The number of hydrogen-bond acceptors (Lipinski definition) is 5. The number of anilines is 1. The first-order valence-electron chi connectivity index (χ1n) is 6.03. The number of carbonyl (C=O) groups excluding carboxylic acids is 1. The highest BCUT2D eigenvalue weighted by Crippen LogP contribution is 2.29. The van der Waals surface area contributed by atoms with Gasteiger partial charge in [0.1, 0.15) is 17.1 Å². The van der Waals surface area contributed by atoms with Gasteiger partial charge in [0, 0.05) is 6.54 Å². The molecule has 0 radical (unpaired) electrons. The number of nitrogens with zero attached hydrogens (tertiary/aromatic N) is 1. The first-order chi connectivity index (χ1) is 9.51. The lowest BCUT2D eigenvalue weighted by Gasteiger charge is -2.19. The molecule has 1 aromatic rings. The molecular formula is C12H17F3N4O2. The summed E-state index contributed by atoms with van der Waals surface area (Å²) < 4.78 is 43.0. The lowest BCUT2D eigenvalue weighted by atomic mass is 10.2. The van der Waals surface area contributed by atoms with Gasteiger partial charge in [-0.1, -0.05) is 0 Å². The summed E-state index contributed by atoms with van der Waals surface area (Å²) in [6, 6.07) is 2.13. The van der Waals surface area contributed by atoms with Crippen LogP contribution in [0.25, 0.3) is 0 Å². The van der Waals surface area contributed by atoms with Crippen LogP contribution >= 0.6 is 0 Å². The van der Waals surface area contributed by atoms with Crippen LogP contribution in [0.3, 0.4) is 0 Å². The van der Waals surface area contributed by atoms with Crippen LogP contribution in [0.15, 0.2) is 12.1 Å². The normalized spacial score (nSPS) is 12.0. The minimum atomic E-state index is -4.60. The van der Waals surface area contributed by atoms with Crippen molar-refractivity contribution in [1.82, 2.24) is 10.3 Å². The quantitative estimate of drug-likeness (QED) is 0.589. The summed E-state index contributed by atoms with van der Waals surface area (Å²) in [5.41, 5.74) is 0.452. The Morgan fingerprint density at radius 3 is 2.43 bits per heavy atom. The minimum Gasteiger partial charge on any atom is -0.444 e. The fourth-order valence-corrected chi connectivity index (χ4v) is 1.40. The van der Waals surface area contributed by atoms with Crippen molar-refractivity contribution in [1.29, 1.82) is 0 Å². The van der Waals surface area contributed by atoms with Crippen molar-refractivity contribution >= 4 is 11.9 Å². The number of alkyl halides is 3. The van der Waals surface area contributed by atoms with Gasteiger partial charge >= 0.3 is 12.3 Å². The molecule has 1 amide bonds. The second kappa shape index (κ2) is 6.17. The third kappa shape index (κ3) is 5.86. The summed E-state index contributed by atoms with van der Waals surface area (Å²) in [5.74, 6) is 4.93. The Balaban J connectivity index is 2.82. The van der Waals surface area contributed by atoms with Crippen LogP contribution in [0, 0.1) is 0 Å². The summed E-state index contributed by atoms with van der Waals surface area (Å²) >= 11 is 0. The Kier molecular flexibility index (Phi) is 5.00. The lowest BCUT2D eigenvalue weighted by Crippen LogP contribution is -2.32. The van der Waals surface area contributed by atoms with Crippen LogP contribution in [0.5, 0.6) is 0 Å². The first kappa shape index (κ1) is 17.0. The van der Waals surface area contributed by atoms with Gasteiger partial charge in [-0.25, -0.2) is 15.6 Å². The van der Waals surface area contributed by atoms with E-state index < -0.39 is 23.6 Å². The van der Waals surface area contributed by atoms with E-state index in [1.165, 1.54) is 6.07 Å². The predicted octanol–water partition coefficient (Wildman–Crippen LogP) is 2.41. The molecule has 0 aliphatic carbocycles. The molecule has 1 heterocycles. The second-order valence-corrected chi connectivity index (χ2v) is 5.24. The number of alkyl carbamates (subject to hydrolysis) is 1. The molecule has 118 valence electrons. The molecule has 0 atom stereocenters.